The molecule has 1 unspecified atom stereocenters. The van der Waals surface area contributed by atoms with Crippen molar-refractivity contribution in [1.29, 1.82) is 0 Å². The van der Waals surface area contributed by atoms with Crippen molar-refractivity contribution in [3.63, 3.8) is 0 Å². The first-order valence-corrected chi connectivity index (χ1v) is 6.46. The average Bonchev–Trinajstić information content (AvgIpc) is 2.38. The summed E-state index contributed by atoms with van der Waals surface area (Å²) >= 11 is 0. The van der Waals surface area contributed by atoms with Gasteiger partial charge in [0.05, 0.1) is 6.42 Å². The van der Waals surface area contributed by atoms with Crippen LogP contribution in [0.15, 0.2) is 24.3 Å². The second-order valence-corrected chi connectivity index (χ2v) is 5.25. The summed E-state index contributed by atoms with van der Waals surface area (Å²) in [6.07, 6.45) is -6.46. The van der Waals surface area contributed by atoms with E-state index in [0.717, 1.165) is 12.1 Å². The molecule has 0 heterocycles. The Balaban J connectivity index is 2.79. The topological polar surface area (TPSA) is 75.6 Å². The Hall–Kier alpha value is -2.32. The first-order valence-electron chi connectivity index (χ1n) is 6.46. The van der Waals surface area contributed by atoms with E-state index in [1.807, 2.05) is 0 Å². The molecule has 9 heteroatoms. The highest BCUT2D eigenvalue weighted by Gasteiger charge is 2.39. The third-order valence-corrected chi connectivity index (χ3v) is 2.77. The third kappa shape index (κ3) is 6.13. The lowest BCUT2D eigenvalue weighted by Gasteiger charge is -2.27. The lowest BCUT2D eigenvalue weighted by atomic mass is 10.1. The molecule has 0 saturated heterocycles. The Morgan fingerprint density at radius 2 is 1.74 bits per heavy atom. The zero-order chi connectivity index (χ0) is 17.8. The summed E-state index contributed by atoms with van der Waals surface area (Å²) < 4.78 is 55.0. The molecule has 0 radical (unpaired) electrons. The smallest absolute Gasteiger partial charge is 0.391 e. The van der Waals surface area contributed by atoms with Crippen molar-refractivity contribution in [3.8, 4) is 5.75 Å². The molecule has 0 aliphatic rings. The van der Waals surface area contributed by atoms with Crippen LogP contribution in [0.4, 0.5) is 17.6 Å². The van der Waals surface area contributed by atoms with Crippen molar-refractivity contribution in [1.82, 2.24) is 5.32 Å². The number of carbonyl (C=O) groups is 2. The quantitative estimate of drug-likeness (QED) is 0.782. The van der Waals surface area contributed by atoms with Crippen molar-refractivity contribution in [2.24, 2.45) is 0 Å². The van der Waals surface area contributed by atoms with Crippen LogP contribution < -0.4 is 10.1 Å². The van der Waals surface area contributed by atoms with Crippen molar-refractivity contribution in [3.05, 3.63) is 30.1 Å². The zero-order valence-electron chi connectivity index (χ0n) is 12.3. The summed E-state index contributed by atoms with van der Waals surface area (Å²) in [6.45, 7) is 2.50. The molecule has 0 fully saturated rings. The summed E-state index contributed by atoms with van der Waals surface area (Å²) in [4.78, 5) is 22.8. The van der Waals surface area contributed by atoms with Crippen LogP contribution in [-0.4, -0.2) is 34.8 Å². The molecule has 0 spiro atoms. The van der Waals surface area contributed by atoms with Crippen LogP contribution in [0.3, 0.4) is 0 Å². The number of carboxylic acids is 1. The number of halogens is 4. The van der Waals surface area contributed by atoms with Gasteiger partial charge in [0.2, 0.25) is 0 Å². The van der Waals surface area contributed by atoms with Crippen LogP contribution in [0.5, 0.6) is 5.75 Å². The number of hydrogen-bond acceptors (Lipinski definition) is 3. The largest absolute Gasteiger partial charge is 0.480 e. The van der Waals surface area contributed by atoms with E-state index in [1.54, 1.807) is 5.32 Å². The van der Waals surface area contributed by atoms with Crippen LogP contribution in [0.2, 0.25) is 0 Å². The monoisotopic (exact) mass is 337 g/mol. The van der Waals surface area contributed by atoms with Crippen molar-refractivity contribution in [2.75, 3.05) is 0 Å². The van der Waals surface area contributed by atoms with Crippen molar-refractivity contribution >= 4 is 11.9 Å². The maximum atomic E-state index is 12.8. The average molecular weight is 337 g/mol. The Morgan fingerprint density at radius 3 is 2.17 bits per heavy atom. The molecule has 2 N–H and O–H groups in total. The van der Waals surface area contributed by atoms with Crippen LogP contribution >= 0.6 is 0 Å². The third-order valence-electron chi connectivity index (χ3n) is 2.77. The van der Waals surface area contributed by atoms with Gasteiger partial charge in [-0.1, -0.05) is 0 Å². The predicted molar refractivity (Wildman–Crippen MR) is 71.3 cm³/mol. The molecular formula is C14H15F4NO4. The number of alkyl halides is 3. The summed E-state index contributed by atoms with van der Waals surface area (Å²) in [7, 11) is 0. The molecule has 0 aliphatic heterocycles. The summed E-state index contributed by atoms with van der Waals surface area (Å²) in [5, 5.41) is 10.6. The van der Waals surface area contributed by atoms with Crippen LogP contribution in [-0.2, 0) is 9.59 Å². The molecule has 0 aliphatic carbocycles. The van der Waals surface area contributed by atoms with Gasteiger partial charge in [-0.05, 0) is 38.1 Å². The van der Waals surface area contributed by atoms with Gasteiger partial charge in [0.15, 0.2) is 5.60 Å². The zero-order valence-corrected chi connectivity index (χ0v) is 12.3. The SMILES string of the molecule is CC(C)(Oc1ccc(F)cc1)C(=O)NC(CC(F)(F)F)C(=O)O. The second kappa shape index (κ2) is 6.84. The highest BCUT2D eigenvalue weighted by atomic mass is 19.4. The number of carboxylic acid groups (broad SMARTS) is 1. The molecule has 0 bridgehead atoms. The van der Waals surface area contributed by atoms with Gasteiger partial charge in [0.25, 0.3) is 5.91 Å². The minimum Gasteiger partial charge on any atom is -0.480 e. The Labute approximate surface area is 129 Å². The van der Waals surface area contributed by atoms with Gasteiger partial charge in [-0.3, -0.25) is 4.79 Å². The molecule has 5 nitrogen and oxygen atoms in total. The first kappa shape index (κ1) is 18.7. The Morgan fingerprint density at radius 1 is 1.22 bits per heavy atom. The van der Waals surface area contributed by atoms with Crippen molar-refractivity contribution < 1.29 is 37.0 Å². The molecule has 1 atom stereocenters. The van der Waals surface area contributed by atoms with Gasteiger partial charge in [-0.25, -0.2) is 9.18 Å². The molecular weight excluding hydrogens is 322 g/mol. The number of nitrogens with one attached hydrogen (secondary N) is 1. The Kier molecular flexibility index (Phi) is 5.57. The highest BCUT2D eigenvalue weighted by molar-refractivity contribution is 5.89. The van der Waals surface area contributed by atoms with Crippen LogP contribution in [0.1, 0.15) is 20.3 Å². The number of benzene rings is 1. The van der Waals surface area contributed by atoms with Crippen LogP contribution in [0, 0.1) is 5.82 Å². The molecule has 128 valence electrons. The van der Waals surface area contributed by atoms with E-state index in [4.69, 9.17) is 9.84 Å². The molecule has 0 saturated carbocycles. The summed E-state index contributed by atoms with van der Waals surface area (Å²) in [5.41, 5.74) is -1.66. The van der Waals surface area contributed by atoms with E-state index in [9.17, 15) is 27.2 Å². The number of ether oxygens (including phenoxy) is 1. The highest BCUT2D eigenvalue weighted by Crippen LogP contribution is 2.23. The van der Waals surface area contributed by atoms with E-state index in [0.29, 0.717) is 0 Å². The van der Waals surface area contributed by atoms with Crippen LogP contribution in [0.25, 0.3) is 0 Å². The molecule has 0 aromatic heterocycles. The number of amides is 1. The van der Waals surface area contributed by atoms with E-state index in [2.05, 4.69) is 0 Å². The molecule has 1 amide bonds. The fraction of sp³-hybridized carbons (Fsp3) is 0.429. The van der Waals surface area contributed by atoms with Gasteiger partial charge in [-0.2, -0.15) is 13.2 Å². The summed E-state index contributed by atoms with van der Waals surface area (Å²) in [5.74, 6) is -3.28. The fourth-order valence-electron chi connectivity index (χ4n) is 1.61. The van der Waals surface area contributed by atoms with E-state index < -0.39 is 41.9 Å². The first-order chi connectivity index (χ1) is 10.4. The second-order valence-electron chi connectivity index (χ2n) is 5.25. The lowest BCUT2D eigenvalue weighted by molar-refractivity contribution is -0.161. The van der Waals surface area contributed by atoms with E-state index in [-0.39, 0.29) is 5.75 Å². The van der Waals surface area contributed by atoms with Gasteiger partial charge in [0, 0.05) is 0 Å². The lowest BCUT2D eigenvalue weighted by Crippen LogP contribution is -2.53. The normalized spacial score (nSPS) is 13.3. The van der Waals surface area contributed by atoms with Gasteiger partial charge in [0.1, 0.15) is 17.6 Å². The van der Waals surface area contributed by atoms with Gasteiger partial charge in [-0.15, -0.1) is 0 Å². The minimum atomic E-state index is -4.75. The van der Waals surface area contributed by atoms with E-state index >= 15 is 0 Å². The van der Waals surface area contributed by atoms with Crippen molar-refractivity contribution in [2.45, 2.75) is 38.1 Å². The fourth-order valence-corrected chi connectivity index (χ4v) is 1.61. The molecule has 1 aromatic rings. The Bertz CT molecular complexity index is 569. The molecule has 23 heavy (non-hydrogen) atoms. The minimum absolute atomic E-state index is 0.106. The number of aliphatic carboxylic acids is 1. The molecule has 1 rings (SSSR count). The maximum absolute atomic E-state index is 12.8. The number of rotatable bonds is 6. The predicted octanol–water partition coefficient (Wildman–Crippen LogP) is 2.50. The number of carbonyl (C=O) groups excluding carboxylic acids is 1. The number of hydrogen-bond donors (Lipinski definition) is 2. The standard InChI is InChI=1S/C14H15F4NO4/c1-13(2,23-9-5-3-8(15)4-6-9)12(22)19-10(11(20)21)7-14(16,17)18/h3-6,10H,7H2,1-2H3,(H,19,22)(H,20,21). The van der Waals surface area contributed by atoms with E-state index in [1.165, 1.54) is 26.0 Å². The van der Waals surface area contributed by atoms with Gasteiger partial charge < -0.3 is 15.2 Å². The summed E-state index contributed by atoms with van der Waals surface area (Å²) in [6, 6.07) is 2.49. The maximum Gasteiger partial charge on any atom is 0.391 e. The molecule has 1 aromatic carbocycles. The van der Waals surface area contributed by atoms with Gasteiger partial charge >= 0.3 is 12.1 Å².